The van der Waals surface area contributed by atoms with Crippen LogP contribution in [0.5, 0.6) is 0 Å². The minimum Gasteiger partial charge on any atom is -0.380 e. The average Bonchev–Trinajstić information content (AvgIpc) is 2.71. The fraction of sp³-hybridized carbons (Fsp3) is 0.692. The molecule has 0 radical (unpaired) electrons. The molecule has 19 heavy (non-hydrogen) atoms. The van der Waals surface area contributed by atoms with Gasteiger partial charge in [-0.2, -0.15) is 0 Å². The highest BCUT2D eigenvalue weighted by molar-refractivity contribution is 7.91. The number of nitrogens with one attached hydrogen (secondary N) is 1. The van der Waals surface area contributed by atoms with Crippen molar-refractivity contribution >= 4 is 21.4 Å². The summed E-state index contributed by atoms with van der Waals surface area (Å²) in [5, 5.41) is 0. The minimum absolute atomic E-state index is 0.00863. The monoisotopic (exact) mass is 303 g/mol. The number of thiophene rings is 1. The Morgan fingerprint density at radius 1 is 1.32 bits per heavy atom. The van der Waals surface area contributed by atoms with E-state index < -0.39 is 10.0 Å². The lowest BCUT2D eigenvalue weighted by Crippen LogP contribution is -2.45. The smallest absolute Gasteiger partial charge is 0.250 e. The van der Waals surface area contributed by atoms with Crippen LogP contribution in [0.4, 0.5) is 0 Å². The zero-order chi connectivity index (χ0) is 14.0. The molecule has 0 saturated heterocycles. The first-order valence-electron chi connectivity index (χ1n) is 6.56. The second-order valence-corrected chi connectivity index (χ2v) is 8.29. The summed E-state index contributed by atoms with van der Waals surface area (Å²) in [6.45, 7) is 3.88. The number of hydrogen-bond acceptors (Lipinski definition) is 4. The molecule has 1 aromatic rings. The highest BCUT2D eigenvalue weighted by Gasteiger charge is 2.30. The summed E-state index contributed by atoms with van der Waals surface area (Å²) in [5.74, 6) is 0. The van der Waals surface area contributed by atoms with E-state index in [0.29, 0.717) is 4.21 Å². The van der Waals surface area contributed by atoms with E-state index in [0.717, 1.165) is 36.1 Å². The third kappa shape index (κ3) is 3.37. The Morgan fingerprint density at radius 2 is 2.00 bits per heavy atom. The SMILES string of the molecule is CO[C@H]1CCCC[C@H]1NS(=O)(=O)c1cc(C)c(C)s1. The van der Waals surface area contributed by atoms with Gasteiger partial charge in [0.25, 0.3) is 0 Å². The van der Waals surface area contributed by atoms with Crippen molar-refractivity contribution in [1.82, 2.24) is 4.72 Å². The first-order valence-corrected chi connectivity index (χ1v) is 8.86. The molecule has 1 saturated carbocycles. The molecule has 2 rings (SSSR count). The number of aryl methyl sites for hydroxylation is 2. The van der Waals surface area contributed by atoms with Gasteiger partial charge in [0, 0.05) is 18.0 Å². The summed E-state index contributed by atoms with van der Waals surface area (Å²) >= 11 is 1.33. The maximum absolute atomic E-state index is 12.4. The number of sulfonamides is 1. The Balaban J connectivity index is 2.16. The third-order valence-corrected chi connectivity index (χ3v) is 6.84. The van der Waals surface area contributed by atoms with Crippen LogP contribution in [-0.2, 0) is 14.8 Å². The quantitative estimate of drug-likeness (QED) is 0.930. The molecule has 4 nitrogen and oxygen atoms in total. The van der Waals surface area contributed by atoms with E-state index in [4.69, 9.17) is 4.74 Å². The molecule has 6 heteroatoms. The summed E-state index contributed by atoms with van der Waals surface area (Å²) in [6, 6.07) is 1.64. The molecule has 2 atom stereocenters. The van der Waals surface area contributed by atoms with Crippen LogP contribution in [0.1, 0.15) is 36.1 Å². The molecule has 0 unspecified atom stereocenters. The lowest BCUT2D eigenvalue weighted by Gasteiger charge is -2.30. The van der Waals surface area contributed by atoms with E-state index in [1.165, 1.54) is 11.3 Å². The second-order valence-electron chi connectivity index (χ2n) is 5.09. The van der Waals surface area contributed by atoms with Crippen LogP contribution in [0.3, 0.4) is 0 Å². The van der Waals surface area contributed by atoms with Crippen molar-refractivity contribution in [3.05, 3.63) is 16.5 Å². The lowest BCUT2D eigenvalue weighted by atomic mass is 9.93. The van der Waals surface area contributed by atoms with Crippen molar-refractivity contribution in [3.63, 3.8) is 0 Å². The van der Waals surface area contributed by atoms with Crippen molar-refractivity contribution < 1.29 is 13.2 Å². The fourth-order valence-electron chi connectivity index (χ4n) is 2.44. The van der Waals surface area contributed by atoms with E-state index in [1.54, 1.807) is 13.2 Å². The van der Waals surface area contributed by atoms with Crippen molar-refractivity contribution in [2.24, 2.45) is 0 Å². The maximum atomic E-state index is 12.4. The highest BCUT2D eigenvalue weighted by atomic mass is 32.2. The van der Waals surface area contributed by atoms with Gasteiger partial charge >= 0.3 is 0 Å². The Hall–Kier alpha value is -0.430. The molecule has 108 valence electrons. The first kappa shape index (κ1) is 15.0. The third-order valence-electron chi connectivity index (χ3n) is 3.72. The molecule has 0 aliphatic heterocycles. The Kier molecular flexibility index (Phi) is 4.66. The van der Waals surface area contributed by atoms with Crippen molar-refractivity contribution in [3.8, 4) is 0 Å². The molecular formula is C13H21NO3S2. The van der Waals surface area contributed by atoms with Crippen molar-refractivity contribution in [2.45, 2.75) is 55.9 Å². The normalized spacial score (nSPS) is 24.6. The van der Waals surface area contributed by atoms with Crippen LogP contribution in [0, 0.1) is 13.8 Å². The number of ether oxygens (including phenoxy) is 1. The molecule has 1 aliphatic carbocycles. The summed E-state index contributed by atoms with van der Waals surface area (Å²) in [4.78, 5) is 1.05. The minimum atomic E-state index is -3.42. The van der Waals surface area contributed by atoms with E-state index in [9.17, 15) is 8.42 Å². The summed E-state index contributed by atoms with van der Waals surface area (Å²) < 4.78 is 33.3. The van der Waals surface area contributed by atoms with E-state index >= 15 is 0 Å². The molecule has 1 aromatic heterocycles. The van der Waals surface area contributed by atoms with Gasteiger partial charge in [-0.15, -0.1) is 11.3 Å². The molecule has 0 bridgehead atoms. The van der Waals surface area contributed by atoms with Crippen LogP contribution < -0.4 is 4.72 Å². The van der Waals surface area contributed by atoms with Gasteiger partial charge in [-0.05, 0) is 38.3 Å². The van der Waals surface area contributed by atoms with Gasteiger partial charge in [0.05, 0.1) is 6.10 Å². The zero-order valence-electron chi connectivity index (χ0n) is 11.6. The van der Waals surface area contributed by atoms with Gasteiger partial charge in [0.15, 0.2) is 0 Å². The van der Waals surface area contributed by atoms with E-state index in [-0.39, 0.29) is 12.1 Å². The van der Waals surface area contributed by atoms with E-state index in [1.807, 2.05) is 13.8 Å². The molecule has 0 spiro atoms. The van der Waals surface area contributed by atoms with Gasteiger partial charge in [-0.3, -0.25) is 0 Å². The van der Waals surface area contributed by atoms with Gasteiger partial charge in [-0.1, -0.05) is 12.8 Å². The summed E-state index contributed by atoms with van der Waals surface area (Å²) in [5.41, 5.74) is 1.03. The molecular weight excluding hydrogens is 282 g/mol. The summed E-state index contributed by atoms with van der Waals surface area (Å²) in [7, 11) is -1.77. The molecule has 1 fully saturated rings. The molecule has 1 heterocycles. The Labute approximate surface area is 119 Å². The largest absolute Gasteiger partial charge is 0.380 e. The van der Waals surface area contributed by atoms with Crippen LogP contribution in [-0.4, -0.2) is 27.7 Å². The molecule has 1 N–H and O–H groups in total. The van der Waals surface area contributed by atoms with Crippen molar-refractivity contribution in [2.75, 3.05) is 7.11 Å². The van der Waals surface area contributed by atoms with E-state index in [2.05, 4.69) is 4.72 Å². The number of rotatable bonds is 4. The number of methoxy groups -OCH3 is 1. The molecule has 0 amide bonds. The topological polar surface area (TPSA) is 55.4 Å². The van der Waals surface area contributed by atoms with Crippen LogP contribution in [0.15, 0.2) is 10.3 Å². The Bertz CT molecular complexity index is 517. The van der Waals surface area contributed by atoms with Gasteiger partial charge in [0.1, 0.15) is 4.21 Å². The predicted octanol–water partition coefficient (Wildman–Crippen LogP) is 2.60. The molecule has 0 aromatic carbocycles. The van der Waals surface area contributed by atoms with Gasteiger partial charge in [0.2, 0.25) is 10.0 Å². The lowest BCUT2D eigenvalue weighted by molar-refractivity contribution is 0.0493. The maximum Gasteiger partial charge on any atom is 0.250 e. The predicted molar refractivity (Wildman–Crippen MR) is 77.2 cm³/mol. The molecule has 1 aliphatic rings. The number of hydrogen-bond donors (Lipinski definition) is 1. The highest BCUT2D eigenvalue weighted by Crippen LogP contribution is 2.27. The second kappa shape index (κ2) is 5.91. The fourth-order valence-corrected chi connectivity index (χ4v) is 5.27. The van der Waals surface area contributed by atoms with Gasteiger partial charge in [-0.25, -0.2) is 13.1 Å². The average molecular weight is 303 g/mol. The van der Waals surface area contributed by atoms with Crippen LogP contribution in [0.25, 0.3) is 0 Å². The summed E-state index contributed by atoms with van der Waals surface area (Å²) in [6.07, 6.45) is 3.92. The standard InChI is InChI=1S/C13H21NO3S2/c1-9-8-13(18-10(9)2)19(15,16)14-11-6-4-5-7-12(11)17-3/h8,11-12,14H,4-7H2,1-3H3/t11-,12+/m1/s1. The van der Waals surface area contributed by atoms with Gasteiger partial charge < -0.3 is 4.74 Å². The van der Waals surface area contributed by atoms with Crippen LogP contribution in [0.2, 0.25) is 0 Å². The van der Waals surface area contributed by atoms with Crippen LogP contribution >= 0.6 is 11.3 Å². The zero-order valence-corrected chi connectivity index (χ0v) is 13.2. The first-order chi connectivity index (χ1) is 8.94. The van der Waals surface area contributed by atoms with Crippen molar-refractivity contribution in [1.29, 1.82) is 0 Å². The Morgan fingerprint density at radius 3 is 2.58 bits per heavy atom.